The molecular formula is C18H22N2O. The van der Waals surface area contributed by atoms with Crippen LogP contribution in [0.15, 0.2) is 54.6 Å². The van der Waals surface area contributed by atoms with Crippen LogP contribution in [0, 0.1) is 6.92 Å². The van der Waals surface area contributed by atoms with E-state index in [1.54, 1.807) is 0 Å². The van der Waals surface area contributed by atoms with Crippen LogP contribution in [0.25, 0.3) is 0 Å². The van der Waals surface area contributed by atoms with Crippen LogP contribution >= 0.6 is 0 Å². The lowest BCUT2D eigenvalue weighted by atomic mass is 10.1. The highest BCUT2D eigenvalue weighted by Crippen LogP contribution is 2.05. The average molecular weight is 282 g/mol. The number of hydrogen-bond donors (Lipinski definition) is 2. The first kappa shape index (κ1) is 15.3. The number of aryl methyl sites for hydroxylation is 2. The first-order chi connectivity index (χ1) is 10.1. The highest BCUT2D eigenvalue weighted by molar-refractivity contribution is 5.81. The summed E-state index contributed by atoms with van der Waals surface area (Å²) in [7, 11) is 0. The van der Waals surface area contributed by atoms with Crippen molar-refractivity contribution in [1.29, 1.82) is 0 Å². The molecule has 3 N–H and O–H groups in total. The minimum absolute atomic E-state index is 0.0903. The molecule has 0 aliphatic rings. The SMILES string of the molecule is Cc1cccc(CNC(=O)[C@@H](N)CCc2ccccc2)c1. The highest BCUT2D eigenvalue weighted by Gasteiger charge is 2.12. The van der Waals surface area contributed by atoms with E-state index in [1.165, 1.54) is 11.1 Å². The number of amides is 1. The second-order valence-electron chi connectivity index (χ2n) is 5.34. The molecule has 0 saturated carbocycles. The highest BCUT2D eigenvalue weighted by atomic mass is 16.2. The number of benzene rings is 2. The molecule has 0 aliphatic heterocycles. The van der Waals surface area contributed by atoms with E-state index in [1.807, 2.05) is 43.3 Å². The second kappa shape index (κ2) is 7.60. The lowest BCUT2D eigenvalue weighted by Crippen LogP contribution is -2.40. The summed E-state index contributed by atoms with van der Waals surface area (Å²) in [5.74, 6) is -0.0903. The summed E-state index contributed by atoms with van der Waals surface area (Å²) in [6, 6.07) is 17.7. The third kappa shape index (κ3) is 5.04. The van der Waals surface area contributed by atoms with Crippen LogP contribution in [-0.2, 0) is 17.8 Å². The summed E-state index contributed by atoms with van der Waals surface area (Å²) in [5.41, 5.74) is 9.44. The fraction of sp³-hybridized carbons (Fsp3) is 0.278. The summed E-state index contributed by atoms with van der Waals surface area (Å²) in [6.07, 6.45) is 1.48. The van der Waals surface area contributed by atoms with Crippen molar-refractivity contribution in [1.82, 2.24) is 5.32 Å². The Bertz CT molecular complexity index is 581. The van der Waals surface area contributed by atoms with Gasteiger partial charge in [0, 0.05) is 6.54 Å². The zero-order valence-electron chi connectivity index (χ0n) is 12.4. The van der Waals surface area contributed by atoms with Crippen LogP contribution in [0.5, 0.6) is 0 Å². The van der Waals surface area contributed by atoms with E-state index in [2.05, 4.69) is 23.5 Å². The van der Waals surface area contributed by atoms with Crippen molar-refractivity contribution in [2.45, 2.75) is 32.4 Å². The van der Waals surface area contributed by atoms with E-state index in [-0.39, 0.29) is 5.91 Å². The van der Waals surface area contributed by atoms with Crippen molar-refractivity contribution in [3.05, 3.63) is 71.3 Å². The van der Waals surface area contributed by atoms with Gasteiger partial charge in [-0.25, -0.2) is 0 Å². The molecule has 0 unspecified atom stereocenters. The Kier molecular flexibility index (Phi) is 5.52. The Morgan fingerprint density at radius 1 is 1.10 bits per heavy atom. The quantitative estimate of drug-likeness (QED) is 0.855. The first-order valence-electron chi connectivity index (χ1n) is 7.28. The Morgan fingerprint density at radius 3 is 2.52 bits per heavy atom. The molecule has 110 valence electrons. The monoisotopic (exact) mass is 282 g/mol. The number of nitrogens with two attached hydrogens (primary N) is 1. The second-order valence-corrected chi connectivity index (χ2v) is 5.34. The van der Waals surface area contributed by atoms with E-state index in [0.29, 0.717) is 13.0 Å². The zero-order chi connectivity index (χ0) is 15.1. The maximum atomic E-state index is 12.0. The van der Waals surface area contributed by atoms with Crippen LogP contribution in [0.4, 0.5) is 0 Å². The molecule has 2 aromatic carbocycles. The molecule has 0 spiro atoms. The zero-order valence-corrected chi connectivity index (χ0v) is 12.4. The molecule has 0 aromatic heterocycles. The molecular weight excluding hydrogens is 260 g/mol. The Morgan fingerprint density at radius 2 is 1.81 bits per heavy atom. The average Bonchev–Trinajstić information content (AvgIpc) is 2.51. The smallest absolute Gasteiger partial charge is 0.237 e. The topological polar surface area (TPSA) is 55.1 Å². The van der Waals surface area contributed by atoms with Crippen molar-refractivity contribution < 1.29 is 4.79 Å². The van der Waals surface area contributed by atoms with Gasteiger partial charge in [-0.1, -0.05) is 60.2 Å². The minimum atomic E-state index is -0.463. The van der Waals surface area contributed by atoms with E-state index in [9.17, 15) is 4.79 Å². The van der Waals surface area contributed by atoms with Gasteiger partial charge in [0.1, 0.15) is 0 Å². The molecule has 1 amide bonds. The number of nitrogens with one attached hydrogen (secondary N) is 1. The maximum absolute atomic E-state index is 12.0. The number of carbonyl (C=O) groups is 1. The van der Waals surface area contributed by atoms with E-state index < -0.39 is 6.04 Å². The molecule has 3 nitrogen and oxygen atoms in total. The van der Waals surface area contributed by atoms with Crippen molar-refractivity contribution in [3.63, 3.8) is 0 Å². The third-order valence-electron chi connectivity index (χ3n) is 3.47. The molecule has 0 bridgehead atoms. The van der Waals surface area contributed by atoms with Gasteiger partial charge < -0.3 is 11.1 Å². The summed E-state index contributed by atoms with van der Waals surface area (Å²) >= 11 is 0. The predicted molar refractivity (Wildman–Crippen MR) is 85.8 cm³/mol. The lowest BCUT2D eigenvalue weighted by molar-refractivity contribution is -0.122. The standard InChI is InChI=1S/C18H22N2O/c1-14-6-5-9-16(12-14)13-20-18(21)17(19)11-10-15-7-3-2-4-8-15/h2-9,12,17H,10-11,13,19H2,1H3,(H,20,21)/t17-/m0/s1. The predicted octanol–water partition coefficient (Wildman–Crippen LogP) is 2.57. The van der Waals surface area contributed by atoms with Gasteiger partial charge in [0.05, 0.1) is 6.04 Å². The van der Waals surface area contributed by atoms with E-state index >= 15 is 0 Å². The molecule has 0 radical (unpaired) electrons. The minimum Gasteiger partial charge on any atom is -0.351 e. The normalized spacial score (nSPS) is 11.9. The number of rotatable bonds is 6. The molecule has 0 saturated heterocycles. The number of hydrogen-bond acceptors (Lipinski definition) is 2. The van der Waals surface area contributed by atoms with Crippen LogP contribution < -0.4 is 11.1 Å². The summed E-state index contributed by atoms with van der Waals surface area (Å²) in [6.45, 7) is 2.57. The molecule has 0 fully saturated rings. The van der Waals surface area contributed by atoms with Gasteiger partial charge in [0.25, 0.3) is 0 Å². The van der Waals surface area contributed by atoms with Crippen molar-refractivity contribution in [2.24, 2.45) is 5.73 Å². The van der Waals surface area contributed by atoms with E-state index in [0.717, 1.165) is 12.0 Å². The van der Waals surface area contributed by atoms with Gasteiger partial charge >= 0.3 is 0 Å². The lowest BCUT2D eigenvalue weighted by Gasteiger charge is -2.12. The summed E-state index contributed by atoms with van der Waals surface area (Å²) < 4.78 is 0. The van der Waals surface area contributed by atoms with Gasteiger partial charge in [-0.05, 0) is 30.9 Å². The summed E-state index contributed by atoms with van der Waals surface area (Å²) in [4.78, 5) is 12.0. The van der Waals surface area contributed by atoms with Crippen molar-refractivity contribution >= 4 is 5.91 Å². The Hall–Kier alpha value is -2.13. The molecule has 2 rings (SSSR count). The molecule has 0 aliphatic carbocycles. The Balaban J connectivity index is 1.77. The largest absolute Gasteiger partial charge is 0.351 e. The van der Waals surface area contributed by atoms with Gasteiger partial charge in [0.2, 0.25) is 5.91 Å². The molecule has 21 heavy (non-hydrogen) atoms. The molecule has 3 heteroatoms. The third-order valence-corrected chi connectivity index (χ3v) is 3.47. The van der Waals surface area contributed by atoms with E-state index in [4.69, 9.17) is 5.73 Å². The van der Waals surface area contributed by atoms with Crippen molar-refractivity contribution in [2.75, 3.05) is 0 Å². The fourth-order valence-corrected chi connectivity index (χ4v) is 2.24. The van der Waals surface area contributed by atoms with Gasteiger partial charge in [-0.15, -0.1) is 0 Å². The van der Waals surface area contributed by atoms with Crippen LogP contribution in [0.1, 0.15) is 23.1 Å². The van der Waals surface area contributed by atoms with Gasteiger partial charge in [-0.2, -0.15) is 0 Å². The first-order valence-corrected chi connectivity index (χ1v) is 7.28. The van der Waals surface area contributed by atoms with Crippen LogP contribution in [0.3, 0.4) is 0 Å². The number of carbonyl (C=O) groups excluding carboxylic acids is 1. The maximum Gasteiger partial charge on any atom is 0.237 e. The van der Waals surface area contributed by atoms with Crippen LogP contribution in [-0.4, -0.2) is 11.9 Å². The van der Waals surface area contributed by atoms with Crippen LogP contribution in [0.2, 0.25) is 0 Å². The van der Waals surface area contributed by atoms with Crippen molar-refractivity contribution in [3.8, 4) is 0 Å². The Labute approximate surface area is 126 Å². The fourth-order valence-electron chi connectivity index (χ4n) is 2.24. The molecule has 0 heterocycles. The molecule has 1 atom stereocenters. The van der Waals surface area contributed by atoms with Gasteiger partial charge in [-0.3, -0.25) is 4.79 Å². The van der Waals surface area contributed by atoms with Gasteiger partial charge in [0.15, 0.2) is 0 Å². The molecule has 2 aromatic rings. The summed E-state index contributed by atoms with van der Waals surface area (Å²) in [5, 5.41) is 2.90.